The number of fused-ring (bicyclic) bond motifs is 1. The number of epoxide rings is 1. The molecule has 0 spiro atoms. The second-order valence-corrected chi connectivity index (χ2v) is 6.92. The fourth-order valence-electron chi connectivity index (χ4n) is 2.21. The zero-order valence-electron chi connectivity index (χ0n) is 11.9. The van der Waals surface area contributed by atoms with E-state index in [2.05, 4.69) is 0 Å². The average molecular weight is 344 g/mol. The Kier molecular flexibility index (Phi) is 4.09. The molecule has 0 bridgehead atoms. The van der Waals surface area contributed by atoms with Gasteiger partial charge in [0.25, 0.3) is 0 Å². The lowest BCUT2D eigenvalue weighted by Crippen LogP contribution is -2.33. The average Bonchev–Trinajstić information content (AvgIpc) is 3.30. The van der Waals surface area contributed by atoms with Crippen molar-refractivity contribution in [1.29, 1.82) is 0 Å². The molecule has 5 nitrogen and oxygen atoms in total. The third-order valence-electron chi connectivity index (χ3n) is 3.55. The summed E-state index contributed by atoms with van der Waals surface area (Å²) in [4.78, 5) is 0. The first kappa shape index (κ1) is 16.3. The number of hydrogen-bond acceptors (Lipinski definition) is 4. The first-order valence-corrected chi connectivity index (χ1v) is 8.27. The normalized spacial score (nSPS) is 18.3. The minimum atomic E-state index is -5.47. The maximum Gasteiger partial charge on any atom is 0.392 e. The number of alkyl halides is 2. The SMILES string of the molecule is O=S(=O)(O)C(F)(F)COCc1ccc2cc(C3CO3)ccc2c1. The minimum absolute atomic E-state index is 0.157. The molecule has 1 atom stereocenters. The second-order valence-electron chi connectivity index (χ2n) is 5.37. The van der Waals surface area contributed by atoms with Gasteiger partial charge in [-0.1, -0.05) is 24.3 Å². The minimum Gasteiger partial charge on any atom is -0.369 e. The fraction of sp³-hybridized carbons (Fsp3) is 0.333. The Balaban J connectivity index is 1.68. The summed E-state index contributed by atoms with van der Waals surface area (Å²) >= 11 is 0. The van der Waals surface area contributed by atoms with E-state index in [1.165, 1.54) is 0 Å². The quantitative estimate of drug-likeness (QED) is 0.644. The zero-order valence-corrected chi connectivity index (χ0v) is 12.7. The van der Waals surface area contributed by atoms with Crippen LogP contribution in [0, 0.1) is 0 Å². The van der Waals surface area contributed by atoms with Crippen molar-refractivity contribution in [3.05, 3.63) is 47.5 Å². The summed E-state index contributed by atoms with van der Waals surface area (Å²) in [7, 11) is -5.47. The largest absolute Gasteiger partial charge is 0.392 e. The van der Waals surface area contributed by atoms with Crippen LogP contribution < -0.4 is 0 Å². The van der Waals surface area contributed by atoms with E-state index in [1.54, 1.807) is 12.1 Å². The van der Waals surface area contributed by atoms with Gasteiger partial charge in [0, 0.05) is 0 Å². The smallest absolute Gasteiger partial charge is 0.369 e. The molecule has 1 unspecified atom stereocenters. The van der Waals surface area contributed by atoms with E-state index in [4.69, 9.17) is 14.0 Å². The predicted octanol–water partition coefficient (Wildman–Crippen LogP) is 2.91. The molecule has 0 saturated carbocycles. The van der Waals surface area contributed by atoms with Gasteiger partial charge in [0.15, 0.2) is 0 Å². The van der Waals surface area contributed by atoms with E-state index in [1.807, 2.05) is 24.3 Å². The van der Waals surface area contributed by atoms with Crippen LogP contribution >= 0.6 is 0 Å². The highest BCUT2D eigenvalue weighted by molar-refractivity contribution is 7.86. The fourth-order valence-corrected chi connectivity index (χ4v) is 2.44. The van der Waals surface area contributed by atoms with E-state index < -0.39 is 22.0 Å². The van der Waals surface area contributed by atoms with E-state index >= 15 is 0 Å². The highest BCUT2D eigenvalue weighted by Crippen LogP contribution is 2.32. The van der Waals surface area contributed by atoms with Crippen LogP contribution in [0.5, 0.6) is 0 Å². The lowest BCUT2D eigenvalue weighted by Gasteiger charge is -2.13. The second kappa shape index (κ2) is 5.79. The summed E-state index contributed by atoms with van der Waals surface area (Å²) in [5.74, 6) is 0. The molecule has 3 rings (SSSR count). The lowest BCUT2D eigenvalue weighted by molar-refractivity contribution is -0.0264. The van der Waals surface area contributed by atoms with Gasteiger partial charge in [0.2, 0.25) is 0 Å². The molecular formula is C15H14F2O5S. The summed E-state index contributed by atoms with van der Waals surface area (Å²) in [6.45, 7) is -0.865. The Morgan fingerprint density at radius 2 is 1.87 bits per heavy atom. The summed E-state index contributed by atoms with van der Waals surface area (Å²) < 4.78 is 65.4. The van der Waals surface area contributed by atoms with Gasteiger partial charge >= 0.3 is 15.4 Å². The standard InChI is InChI=1S/C15H14F2O5S/c16-15(17,23(18,19)20)9-21-7-10-1-2-12-6-13(14-8-22-14)4-3-11(12)5-10/h1-6,14H,7-9H2,(H,18,19,20). The summed E-state index contributed by atoms with van der Waals surface area (Å²) in [6, 6.07) is 11.2. The van der Waals surface area contributed by atoms with Gasteiger partial charge in [-0.05, 0) is 34.0 Å². The molecule has 1 heterocycles. The molecule has 8 heteroatoms. The van der Waals surface area contributed by atoms with E-state index in [0.717, 1.165) is 22.9 Å². The zero-order chi connectivity index (χ0) is 16.7. The Morgan fingerprint density at radius 3 is 2.52 bits per heavy atom. The maximum atomic E-state index is 13.0. The van der Waals surface area contributed by atoms with Crippen LogP contribution in [-0.2, 0) is 26.2 Å². The molecule has 1 aliphatic heterocycles. The molecule has 0 amide bonds. The van der Waals surface area contributed by atoms with E-state index in [0.29, 0.717) is 5.56 Å². The number of benzene rings is 2. The van der Waals surface area contributed by atoms with Crippen LogP contribution in [0.15, 0.2) is 36.4 Å². The van der Waals surface area contributed by atoms with Gasteiger partial charge in [0.1, 0.15) is 12.7 Å². The van der Waals surface area contributed by atoms with E-state index in [-0.39, 0.29) is 12.7 Å². The van der Waals surface area contributed by atoms with Gasteiger partial charge in [-0.2, -0.15) is 17.2 Å². The van der Waals surface area contributed by atoms with Gasteiger partial charge < -0.3 is 9.47 Å². The van der Waals surface area contributed by atoms with Crippen molar-refractivity contribution in [1.82, 2.24) is 0 Å². The summed E-state index contributed by atoms with van der Waals surface area (Å²) in [5, 5.41) is -2.41. The molecule has 0 radical (unpaired) electrons. The first-order valence-electron chi connectivity index (χ1n) is 6.83. The molecule has 1 N–H and O–H groups in total. The molecule has 1 saturated heterocycles. The van der Waals surface area contributed by atoms with Gasteiger partial charge in [-0.25, -0.2) is 0 Å². The molecule has 2 aromatic carbocycles. The van der Waals surface area contributed by atoms with Crippen molar-refractivity contribution in [3.63, 3.8) is 0 Å². The Hall–Kier alpha value is -1.61. The molecule has 0 aromatic heterocycles. The molecule has 23 heavy (non-hydrogen) atoms. The van der Waals surface area contributed by atoms with E-state index in [9.17, 15) is 17.2 Å². The third-order valence-corrected chi connectivity index (χ3v) is 4.42. The number of rotatable bonds is 6. The molecule has 1 aliphatic rings. The monoisotopic (exact) mass is 344 g/mol. The molecule has 124 valence electrons. The van der Waals surface area contributed by atoms with Crippen LogP contribution in [0.2, 0.25) is 0 Å². The van der Waals surface area contributed by atoms with Crippen LogP contribution in [-0.4, -0.2) is 31.4 Å². The first-order chi connectivity index (χ1) is 10.8. The summed E-state index contributed by atoms with van der Waals surface area (Å²) in [5.41, 5.74) is 1.72. The lowest BCUT2D eigenvalue weighted by atomic mass is 10.0. The highest BCUT2D eigenvalue weighted by atomic mass is 32.2. The van der Waals surface area contributed by atoms with Crippen LogP contribution in [0.3, 0.4) is 0 Å². The summed E-state index contributed by atoms with van der Waals surface area (Å²) in [6.07, 6.45) is 0.157. The Bertz CT molecular complexity index is 831. The Labute approximate surface area is 131 Å². The van der Waals surface area contributed by atoms with Crippen molar-refractivity contribution in [3.8, 4) is 0 Å². The predicted molar refractivity (Wildman–Crippen MR) is 78.8 cm³/mol. The van der Waals surface area contributed by atoms with Crippen LogP contribution in [0.25, 0.3) is 10.8 Å². The van der Waals surface area contributed by atoms with Gasteiger partial charge in [-0.3, -0.25) is 4.55 Å². The van der Waals surface area contributed by atoms with Crippen molar-refractivity contribution >= 4 is 20.9 Å². The maximum absolute atomic E-state index is 13.0. The topological polar surface area (TPSA) is 76.1 Å². The Morgan fingerprint density at radius 1 is 1.22 bits per heavy atom. The van der Waals surface area contributed by atoms with Crippen LogP contribution in [0.4, 0.5) is 8.78 Å². The van der Waals surface area contributed by atoms with Crippen molar-refractivity contribution in [2.45, 2.75) is 18.0 Å². The molecular weight excluding hydrogens is 330 g/mol. The third kappa shape index (κ3) is 3.66. The molecule has 2 aromatic rings. The number of hydrogen-bond donors (Lipinski definition) is 1. The molecule has 1 fully saturated rings. The van der Waals surface area contributed by atoms with Crippen molar-refractivity contribution < 1.29 is 31.2 Å². The van der Waals surface area contributed by atoms with Crippen molar-refractivity contribution in [2.24, 2.45) is 0 Å². The van der Waals surface area contributed by atoms with Gasteiger partial charge in [-0.15, -0.1) is 0 Å². The number of ether oxygens (including phenoxy) is 2. The van der Waals surface area contributed by atoms with Gasteiger partial charge in [0.05, 0.1) is 13.2 Å². The number of halogens is 2. The molecule has 0 aliphatic carbocycles. The van der Waals surface area contributed by atoms with Crippen LogP contribution in [0.1, 0.15) is 17.2 Å². The van der Waals surface area contributed by atoms with Crippen molar-refractivity contribution in [2.75, 3.05) is 13.2 Å². The highest BCUT2D eigenvalue weighted by Gasteiger charge is 2.44.